The molecule has 3 aromatic rings. The van der Waals surface area contributed by atoms with Crippen LogP contribution in [0, 0.1) is 0 Å². The Morgan fingerprint density at radius 2 is 1.59 bits per heavy atom. The molecule has 8 heteroatoms. The first kappa shape index (κ1) is 23.8. The molecule has 0 aliphatic carbocycles. The SMILES string of the molecule is CN(C)C(=O)c1ccc(COc2ccc(CN3Cc4ccccc4C3)cc2NS(C)(=O)=O)cc1. The van der Waals surface area contributed by atoms with E-state index in [0.29, 0.717) is 23.5 Å². The van der Waals surface area contributed by atoms with Gasteiger partial charge >= 0.3 is 0 Å². The van der Waals surface area contributed by atoms with Crippen LogP contribution in [0.5, 0.6) is 5.75 Å². The van der Waals surface area contributed by atoms with Crippen LogP contribution in [-0.4, -0.2) is 44.5 Å². The molecule has 0 saturated heterocycles. The van der Waals surface area contributed by atoms with Gasteiger partial charge in [-0.1, -0.05) is 42.5 Å². The van der Waals surface area contributed by atoms with Crippen molar-refractivity contribution < 1.29 is 17.9 Å². The van der Waals surface area contributed by atoms with Gasteiger partial charge in [-0.2, -0.15) is 0 Å². The molecule has 0 unspecified atom stereocenters. The highest BCUT2D eigenvalue weighted by Crippen LogP contribution is 2.30. The lowest BCUT2D eigenvalue weighted by molar-refractivity contribution is 0.0827. The molecular weight excluding hydrogens is 450 g/mol. The number of ether oxygens (including phenoxy) is 1. The number of benzene rings is 3. The standard InChI is InChI=1S/C26H29N3O4S/c1-28(2)26(30)21-11-8-19(9-12-21)18-33-25-13-10-20(14-24(25)27-34(3,31)32)15-29-16-22-6-4-5-7-23(22)17-29/h4-14,27H,15-18H2,1-3H3. The number of carbonyl (C=O) groups excluding carboxylic acids is 1. The second-order valence-electron chi connectivity index (χ2n) is 8.80. The topological polar surface area (TPSA) is 79.0 Å². The van der Waals surface area contributed by atoms with Crippen molar-refractivity contribution in [1.82, 2.24) is 9.80 Å². The zero-order valence-corrected chi connectivity index (χ0v) is 20.4. The minimum absolute atomic E-state index is 0.0659. The predicted molar refractivity (Wildman–Crippen MR) is 133 cm³/mol. The van der Waals surface area contributed by atoms with Crippen molar-refractivity contribution in [1.29, 1.82) is 0 Å². The Morgan fingerprint density at radius 1 is 0.971 bits per heavy atom. The zero-order valence-electron chi connectivity index (χ0n) is 19.6. The minimum Gasteiger partial charge on any atom is -0.487 e. The maximum absolute atomic E-state index is 12.1. The normalized spacial score (nSPS) is 13.4. The van der Waals surface area contributed by atoms with E-state index in [1.54, 1.807) is 32.3 Å². The summed E-state index contributed by atoms with van der Waals surface area (Å²) in [6.07, 6.45) is 1.13. The summed E-state index contributed by atoms with van der Waals surface area (Å²) in [5, 5.41) is 0. The van der Waals surface area contributed by atoms with E-state index in [1.807, 2.05) is 24.3 Å². The molecule has 1 aliphatic rings. The van der Waals surface area contributed by atoms with E-state index in [2.05, 4.69) is 33.9 Å². The highest BCUT2D eigenvalue weighted by atomic mass is 32.2. The van der Waals surface area contributed by atoms with Crippen LogP contribution >= 0.6 is 0 Å². The maximum atomic E-state index is 12.1. The molecule has 3 aromatic carbocycles. The fourth-order valence-electron chi connectivity index (χ4n) is 4.02. The van der Waals surface area contributed by atoms with Gasteiger partial charge in [0.25, 0.3) is 5.91 Å². The summed E-state index contributed by atoms with van der Waals surface area (Å²) in [5.74, 6) is 0.385. The van der Waals surface area contributed by atoms with Gasteiger partial charge in [-0.3, -0.25) is 14.4 Å². The van der Waals surface area contributed by atoms with E-state index in [1.165, 1.54) is 16.0 Å². The lowest BCUT2D eigenvalue weighted by atomic mass is 10.1. The number of anilines is 1. The molecule has 34 heavy (non-hydrogen) atoms. The highest BCUT2D eigenvalue weighted by molar-refractivity contribution is 7.92. The first-order valence-corrected chi connectivity index (χ1v) is 12.9. The van der Waals surface area contributed by atoms with Gasteiger partial charge in [0.15, 0.2) is 0 Å². The van der Waals surface area contributed by atoms with Crippen LogP contribution in [-0.2, 0) is 36.3 Å². The van der Waals surface area contributed by atoms with Crippen LogP contribution in [0.15, 0.2) is 66.7 Å². The Kier molecular flexibility index (Phi) is 6.90. The van der Waals surface area contributed by atoms with E-state index >= 15 is 0 Å². The van der Waals surface area contributed by atoms with Crippen molar-refractivity contribution in [3.05, 3.63) is 94.5 Å². The Bertz CT molecular complexity index is 1260. The molecule has 0 atom stereocenters. The van der Waals surface area contributed by atoms with Gasteiger partial charge in [0.2, 0.25) is 10.0 Å². The van der Waals surface area contributed by atoms with Crippen LogP contribution in [0.1, 0.15) is 32.6 Å². The summed E-state index contributed by atoms with van der Waals surface area (Å²) in [6.45, 7) is 2.69. The highest BCUT2D eigenvalue weighted by Gasteiger charge is 2.19. The minimum atomic E-state index is -3.48. The van der Waals surface area contributed by atoms with Crippen molar-refractivity contribution in [2.24, 2.45) is 0 Å². The van der Waals surface area contributed by atoms with E-state index in [0.717, 1.165) is 30.5 Å². The summed E-state index contributed by atoms with van der Waals surface area (Å²) in [5.41, 5.74) is 5.54. The Morgan fingerprint density at radius 3 is 2.18 bits per heavy atom. The van der Waals surface area contributed by atoms with Crippen LogP contribution in [0.2, 0.25) is 0 Å². The van der Waals surface area contributed by atoms with Crippen LogP contribution in [0.3, 0.4) is 0 Å². The van der Waals surface area contributed by atoms with Crippen molar-refractivity contribution in [2.75, 3.05) is 25.1 Å². The predicted octanol–water partition coefficient (Wildman–Crippen LogP) is 3.85. The molecule has 1 N–H and O–H groups in total. The Labute approximate surface area is 201 Å². The lowest BCUT2D eigenvalue weighted by Gasteiger charge is -2.18. The second kappa shape index (κ2) is 9.87. The Balaban J connectivity index is 1.47. The fraction of sp³-hybridized carbons (Fsp3) is 0.269. The van der Waals surface area contributed by atoms with Crippen LogP contribution in [0.4, 0.5) is 5.69 Å². The fourth-order valence-corrected chi connectivity index (χ4v) is 4.58. The second-order valence-corrected chi connectivity index (χ2v) is 10.6. The average molecular weight is 480 g/mol. The molecule has 0 fully saturated rings. The zero-order chi connectivity index (χ0) is 24.3. The molecule has 0 bridgehead atoms. The first-order chi connectivity index (χ1) is 16.2. The quantitative estimate of drug-likeness (QED) is 0.531. The molecule has 178 valence electrons. The van der Waals surface area contributed by atoms with Crippen LogP contribution in [0.25, 0.3) is 0 Å². The molecule has 0 spiro atoms. The molecule has 0 aromatic heterocycles. The van der Waals surface area contributed by atoms with Gasteiger partial charge in [0.05, 0.1) is 11.9 Å². The summed E-state index contributed by atoms with van der Waals surface area (Å²) in [6, 6.07) is 21.2. The summed E-state index contributed by atoms with van der Waals surface area (Å²) in [7, 11) is -0.0590. The molecule has 0 saturated carbocycles. The maximum Gasteiger partial charge on any atom is 0.253 e. The molecule has 1 heterocycles. The smallest absolute Gasteiger partial charge is 0.253 e. The number of rotatable bonds is 8. The van der Waals surface area contributed by atoms with E-state index in [-0.39, 0.29) is 12.5 Å². The van der Waals surface area contributed by atoms with Gasteiger partial charge in [-0.25, -0.2) is 8.42 Å². The number of amides is 1. The van der Waals surface area contributed by atoms with Crippen molar-refractivity contribution >= 4 is 21.6 Å². The number of hydrogen-bond donors (Lipinski definition) is 1. The largest absolute Gasteiger partial charge is 0.487 e. The van der Waals surface area contributed by atoms with E-state index < -0.39 is 10.0 Å². The molecular formula is C26H29N3O4S. The number of nitrogens with zero attached hydrogens (tertiary/aromatic N) is 2. The van der Waals surface area contributed by atoms with Crippen molar-refractivity contribution in [3.8, 4) is 5.75 Å². The van der Waals surface area contributed by atoms with Gasteiger partial charge in [0, 0.05) is 39.3 Å². The molecule has 4 rings (SSSR count). The summed E-state index contributed by atoms with van der Waals surface area (Å²) in [4.78, 5) is 15.9. The monoisotopic (exact) mass is 479 g/mol. The van der Waals surface area contributed by atoms with Crippen molar-refractivity contribution in [2.45, 2.75) is 26.2 Å². The third kappa shape index (κ3) is 5.95. The number of nitrogens with one attached hydrogen (secondary N) is 1. The van der Waals surface area contributed by atoms with E-state index in [4.69, 9.17) is 4.74 Å². The molecule has 7 nitrogen and oxygen atoms in total. The average Bonchev–Trinajstić information content (AvgIpc) is 3.19. The van der Waals surface area contributed by atoms with Crippen molar-refractivity contribution in [3.63, 3.8) is 0 Å². The number of sulfonamides is 1. The number of carbonyl (C=O) groups is 1. The summed E-state index contributed by atoms with van der Waals surface area (Å²) >= 11 is 0. The first-order valence-electron chi connectivity index (χ1n) is 11.0. The van der Waals surface area contributed by atoms with Gasteiger partial charge in [-0.15, -0.1) is 0 Å². The van der Waals surface area contributed by atoms with E-state index in [9.17, 15) is 13.2 Å². The lowest BCUT2D eigenvalue weighted by Crippen LogP contribution is -2.21. The number of hydrogen-bond acceptors (Lipinski definition) is 5. The van der Waals surface area contributed by atoms with Gasteiger partial charge in [0.1, 0.15) is 12.4 Å². The molecule has 1 aliphatic heterocycles. The van der Waals surface area contributed by atoms with Gasteiger partial charge < -0.3 is 9.64 Å². The third-order valence-corrected chi connectivity index (χ3v) is 6.24. The van der Waals surface area contributed by atoms with Gasteiger partial charge in [-0.05, 0) is 46.5 Å². The van der Waals surface area contributed by atoms with Crippen LogP contribution < -0.4 is 9.46 Å². The molecule has 1 amide bonds. The number of fused-ring (bicyclic) bond motifs is 1. The molecule has 0 radical (unpaired) electrons. The third-order valence-electron chi connectivity index (χ3n) is 5.65. The summed E-state index contributed by atoms with van der Waals surface area (Å²) < 4.78 is 32.5. The Hall–Kier alpha value is -3.36.